The van der Waals surface area contributed by atoms with Gasteiger partial charge in [0.2, 0.25) is 17.7 Å². The Morgan fingerprint density at radius 2 is 1.28 bits per heavy atom. The molecular formula is C57H87N6O8+. The lowest BCUT2D eigenvalue weighted by Crippen LogP contribution is -2.50. The third kappa shape index (κ3) is 15.0. The van der Waals surface area contributed by atoms with Crippen molar-refractivity contribution in [2.45, 2.75) is 123 Å². The van der Waals surface area contributed by atoms with Gasteiger partial charge in [0.25, 0.3) is 0 Å². The van der Waals surface area contributed by atoms with Crippen LogP contribution in [0.25, 0.3) is 0 Å². The van der Waals surface area contributed by atoms with Crippen LogP contribution in [-0.4, -0.2) is 151 Å². The summed E-state index contributed by atoms with van der Waals surface area (Å²) in [6.45, 7) is 19.6. The number of allylic oxidation sites excluding steroid dienone is 7. The number of fused-ring (bicyclic) bond motifs is 5. The zero-order valence-electron chi connectivity index (χ0n) is 43.7. The van der Waals surface area contributed by atoms with Crippen LogP contribution in [0, 0.1) is 52.8 Å². The molecule has 0 spiro atoms. The molecule has 392 valence electrons. The number of piperidine rings is 2. The number of likely N-dealkylation sites (tertiary alicyclic amines) is 2. The van der Waals surface area contributed by atoms with Crippen molar-refractivity contribution in [3.05, 3.63) is 58.0 Å². The highest BCUT2D eigenvalue weighted by atomic mass is 16.6. The van der Waals surface area contributed by atoms with Crippen molar-refractivity contribution in [2.24, 2.45) is 41.4 Å². The number of carbonyl (C=O) groups is 3. The van der Waals surface area contributed by atoms with Crippen LogP contribution in [-0.2, 0) is 38.1 Å². The Kier molecular flexibility index (Phi) is 21.4. The molecule has 14 heteroatoms. The normalized spacial score (nSPS) is 26.9. The topological polar surface area (TPSA) is 155 Å². The van der Waals surface area contributed by atoms with E-state index in [0.29, 0.717) is 121 Å². The van der Waals surface area contributed by atoms with E-state index in [1.807, 2.05) is 13.1 Å². The van der Waals surface area contributed by atoms with E-state index in [1.54, 1.807) is 33.8 Å². The molecule has 2 N–H and O–H groups in total. The molecule has 71 heavy (non-hydrogen) atoms. The Morgan fingerprint density at radius 1 is 0.718 bits per heavy atom. The number of hydrogen-bond donors (Lipinski definition) is 2. The number of nitrogens with one attached hydrogen (secondary N) is 2. The lowest BCUT2D eigenvalue weighted by Gasteiger charge is -2.48. The first kappa shape index (κ1) is 54.6. The summed E-state index contributed by atoms with van der Waals surface area (Å²) in [6, 6.07) is 2.89. The maximum absolute atomic E-state index is 13.9. The van der Waals surface area contributed by atoms with Gasteiger partial charge in [-0.1, -0.05) is 35.3 Å². The van der Waals surface area contributed by atoms with E-state index in [9.17, 15) is 19.6 Å². The van der Waals surface area contributed by atoms with Crippen molar-refractivity contribution in [1.82, 2.24) is 20.4 Å². The van der Waals surface area contributed by atoms with Gasteiger partial charge in [-0.05, 0) is 133 Å². The maximum atomic E-state index is 13.9. The fraction of sp³-hybridized carbons (Fsp3) is 0.737. The predicted molar refractivity (Wildman–Crippen MR) is 275 cm³/mol. The molecule has 5 aliphatic carbocycles. The van der Waals surface area contributed by atoms with Crippen molar-refractivity contribution < 1.29 is 42.6 Å². The first-order valence-electron chi connectivity index (χ1n) is 27.5. The summed E-state index contributed by atoms with van der Waals surface area (Å²) in [5.74, 6) is 3.18. The van der Waals surface area contributed by atoms with Crippen LogP contribution >= 0.6 is 0 Å². The van der Waals surface area contributed by atoms with Gasteiger partial charge in [0, 0.05) is 63.6 Å². The van der Waals surface area contributed by atoms with Gasteiger partial charge in [0.15, 0.2) is 5.70 Å². The Bertz CT molecular complexity index is 2000. The van der Waals surface area contributed by atoms with Crippen molar-refractivity contribution in [2.75, 3.05) is 106 Å². The van der Waals surface area contributed by atoms with Crippen LogP contribution in [0.1, 0.15) is 117 Å². The monoisotopic (exact) mass is 984 g/mol. The fourth-order valence-corrected chi connectivity index (χ4v) is 13.4. The van der Waals surface area contributed by atoms with Crippen molar-refractivity contribution >= 4 is 24.4 Å². The molecule has 0 aromatic heterocycles. The SMILES string of the molecule is C=C(/C=C(C#N)/C(=C/CC)N1CC(C(=O)NCCOCCOCCOCCOCCOCCNC(=O)C2CCC(C3CCC4C(CCCN4C(C)=O)C3)CC2)CC(C2C3=C4CCC(=C2CC3)C4)C1)[N+](=C)C. The second kappa shape index (κ2) is 27.8. The average Bonchev–Trinajstić information content (AvgIpc) is 3.98. The van der Waals surface area contributed by atoms with E-state index in [1.165, 1.54) is 32.1 Å². The number of rotatable bonds is 27. The van der Waals surface area contributed by atoms with E-state index in [-0.39, 0.29) is 29.6 Å². The first-order chi connectivity index (χ1) is 34.6. The molecular weight excluding hydrogens is 897 g/mol. The standard InChI is InChI=1S/C57H86N6O8/c1-6-8-53(48(37-58)33-40(2)61(4)5)62-38-49(55-51-17-18-52(55)46-15-14-45(51)35-46)36-50(39-62)57(66)60-21-24-68-26-28-70-30-32-71-31-29-69-27-25-67-23-20-59-56(65)43-12-10-42(11-13-43)44-16-19-54-47(34-44)9-7-22-63(54)41(3)64/h8,33,42-44,47,49-50,54-55H,2,4,6-7,9-32,34-36,38-39H2,1,3,5H3,(H-,59,60,65,66)/p+1/b48-33+,53-8-. The van der Waals surface area contributed by atoms with Gasteiger partial charge in [-0.25, -0.2) is 4.58 Å². The summed E-state index contributed by atoms with van der Waals surface area (Å²) in [4.78, 5) is 43.3. The molecule has 2 aliphatic heterocycles. The van der Waals surface area contributed by atoms with Crippen LogP contribution < -0.4 is 10.6 Å². The minimum absolute atomic E-state index is 0.0385. The second-order valence-corrected chi connectivity index (χ2v) is 21.4. The Hall–Kier alpha value is -4.13. The molecule has 7 rings (SSSR count). The lowest BCUT2D eigenvalue weighted by molar-refractivity contribution is -0.427. The first-order valence-corrected chi connectivity index (χ1v) is 27.5. The average molecular weight is 984 g/mol. The molecule has 0 radical (unpaired) electrons. The Labute approximate surface area is 425 Å². The van der Waals surface area contributed by atoms with E-state index in [2.05, 4.69) is 52.8 Å². The van der Waals surface area contributed by atoms with Crippen LogP contribution in [0.5, 0.6) is 0 Å². The highest BCUT2D eigenvalue weighted by Gasteiger charge is 2.46. The largest absolute Gasteiger partial charge is 0.377 e. The summed E-state index contributed by atoms with van der Waals surface area (Å²) in [7, 11) is 1.82. The number of likely N-dealkylation sites (N-methyl/N-ethyl adjacent to an activating group) is 1. The van der Waals surface area contributed by atoms with Gasteiger partial charge >= 0.3 is 0 Å². The number of nitrogens with zero attached hydrogens (tertiary/aromatic N) is 4. The molecule has 2 saturated heterocycles. The third-order valence-electron chi connectivity index (χ3n) is 16.9. The molecule has 6 fully saturated rings. The van der Waals surface area contributed by atoms with Crippen molar-refractivity contribution in [1.29, 1.82) is 5.26 Å². The summed E-state index contributed by atoms with van der Waals surface area (Å²) in [6.07, 6.45) is 21.6. The van der Waals surface area contributed by atoms with Gasteiger partial charge < -0.3 is 44.1 Å². The van der Waals surface area contributed by atoms with Gasteiger partial charge in [-0.3, -0.25) is 14.4 Å². The minimum atomic E-state index is -0.211. The van der Waals surface area contributed by atoms with Crippen LogP contribution in [0.15, 0.2) is 58.0 Å². The van der Waals surface area contributed by atoms with Crippen LogP contribution in [0.4, 0.5) is 0 Å². The van der Waals surface area contributed by atoms with Crippen molar-refractivity contribution in [3.63, 3.8) is 0 Å². The van der Waals surface area contributed by atoms with E-state index < -0.39 is 0 Å². The van der Waals surface area contributed by atoms with E-state index in [4.69, 9.17) is 23.7 Å². The zero-order chi connectivity index (χ0) is 50.1. The van der Waals surface area contributed by atoms with Crippen LogP contribution in [0.3, 0.4) is 0 Å². The molecule has 14 nitrogen and oxygen atoms in total. The number of amides is 3. The molecule has 3 amide bonds. The molecule has 5 atom stereocenters. The number of nitriles is 1. The summed E-state index contributed by atoms with van der Waals surface area (Å²) in [5.41, 5.74) is 8.66. The molecule has 0 aromatic carbocycles. The molecule has 2 heterocycles. The lowest BCUT2D eigenvalue weighted by atomic mass is 9.65. The quantitative estimate of drug-likeness (QED) is 0.0215. The molecule has 5 unspecified atom stereocenters. The number of ether oxygens (including phenoxy) is 5. The molecule has 7 aliphatic rings. The summed E-state index contributed by atoms with van der Waals surface area (Å²) >= 11 is 0. The number of carbonyl (C=O) groups excluding carboxylic acids is 3. The highest BCUT2D eigenvalue weighted by Crippen LogP contribution is 2.56. The van der Waals surface area contributed by atoms with Crippen LogP contribution in [0.2, 0.25) is 0 Å². The van der Waals surface area contributed by atoms with Gasteiger partial charge in [-0.2, -0.15) is 5.26 Å². The van der Waals surface area contributed by atoms with E-state index >= 15 is 0 Å². The van der Waals surface area contributed by atoms with Crippen molar-refractivity contribution in [3.8, 4) is 6.07 Å². The number of hydrogen-bond acceptors (Lipinski definition) is 10. The van der Waals surface area contributed by atoms with Gasteiger partial charge in [0.05, 0.1) is 83.3 Å². The Morgan fingerprint density at radius 3 is 1.83 bits per heavy atom. The van der Waals surface area contributed by atoms with Gasteiger partial charge in [-0.15, -0.1) is 0 Å². The highest BCUT2D eigenvalue weighted by molar-refractivity contribution is 5.79. The summed E-state index contributed by atoms with van der Waals surface area (Å²) < 4.78 is 30.1. The van der Waals surface area contributed by atoms with Gasteiger partial charge in [0.1, 0.15) is 19.8 Å². The Balaban J connectivity index is 0.688. The molecule has 4 saturated carbocycles. The second-order valence-electron chi connectivity index (χ2n) is 21.4. The summed E-state index contributed by atoms with van der Waals surface area (Å²) in [5, 5.41) is 16.6. The predicted octanol–water partition coefficient (Wildman–Crippen LogP) is 7.27. The fourth-order valence-electron chi connectivity index (χ4n) is 13.4. The third-order valence-corrected chi connectivity index (χ3v) is 16.9. The maximum Gasteiger partial charge on any atom is 0.224 e. The zero-order valence-corrected chi connectivity index (χ0v) is 43.7. The molecule has 4 bridgehead atoms. The smallest absolute Gasteiger partial charge is 0.224 e. The minimum Gasteiger partial charge on any atom is -0.377 e. The molecule has 0 aromatic rings. The van der Waals surface area contributed by atoms with E-state index in [0.717, 1.165) is 101 Å².